The van der Waals surface area contributed by atoms with Crippen LogP contribution in [0.5, 0.6) is 0 Å². The Hall–Kier alpha value is -0.930. The summed E-state index contributed by atoms with van der Waals surface area (Å²) >= 11 is 0. The number of benzene rings is 1. The Labute approximate surface area is 90.1 Å². The van der Waals surface area contributed by atoms with E-state index in [1.807, 2.05) is 13.0 Å². The number of nitrogens with one attached hydrogen (secondary N) is 1. The molecule has 15 heavy (non-hydrogen) atoms. The largest absolute Gasteiger partial charge is 0.389 e. The standard InChI is InChI=1S/C12H18FNO/c1-9(12(2,3)15)14-8-10-5-4-6-11(13)7-10/h4-7,9,14-15H,8H2,1-3H3. The molecule has 0 aromatic heterocycles. The smallest absolute Gasteiger partial charge is 0.123 e. The molecule has 1 aromatic carbocycles. The van der Waals surface area contributed by atoms with Crippen molar-refractivity contribution in [2.24, 2.45) is 0 Å². The van der Waals surface area contributed by atoms with Crippen LogP contribution in [0.25, 0.3) is 0 Å². The van der Waals surface area contributed by atoms with E-state index >= 15 is 0 Å². The first-order chi connectivity index (χ1) is 6.89. The van der Waals surface area contributed by atoms with Crippen LogP contribution in [0, 0.1) is 5.82 Å². The molecule has 0 saturated carbocycles. The maximum Gasteiger partial charge on any atom is 0.123 e. The van der Waals surface area contributed by atoms with Gasteiger partial charge in [-0.15, -0.1) is 0 Å². The summed E-state index contributed by atoms with van der Waals surface area (Å²) in [5.74, 6) is -0.231. The summed E-state index contributed by atoms with van der Waals surface area (Å²) in [6.07, 6.45) is 0. The van der Waals surface area contributed by atoms with Crippen molar-refractivity contribution in [2.75, 3.05) is 0 Å². The average molecular weight is 211 g/mol. The minimum atomic E-state index is -0.771. The lowest BCUT2D eigenvalue weighted by Crippen LogP contribution is -2.44. The highest BCUT2D eigenvalue weighted by Gasteiger charge is 2.21. The summed E-state index contributed by atoms with van der Waals surface area (Å²) in [6, 6.07) is 6.40. The SMILES string of the molecule is CC(NCc1cccc(F)c1)C(C)(C)O. The van der Waals surface area contributed by atoms with E-state index in [9.17, 15) is 9.50 Å². The van der Waals surface area contributed by atoms with Crippen LogP contribution in [-0.4, -0.2) is 16.7 Å². The maximum absolute atomic E-state index is 12.8. The van der Waals surface area contributed by atoms with E-state index < -0.39 is 5.60 Å². The molecular weight excluding hydrogens is 193 g/mol. The maximum atomic E-state index is 12.8. The van der Waals surface area contributed by atoms with Crippen molar-refractivity contribution in [3.05, 3.63) is 35.6 Å². The third-order valence-electron chi connectivity index (χ3n) is 2.56. The van der Waals surface area contributed by atoms with Crippen LogP contribution in [-0.2, 0) is 6.54 Å². The molecule has 84 valence electrons. The Morgan fingerprint density at radius 2 is 2.13 bits per heavy atom. The van der Waals surface area contributed by atoms with Crippen LogP contribution in [0.1, 0.15) is 26.3 Å². The fourth-order valence-electron chi connectivity index (χ4n) is 1.17. The van der Waals surface area contributed by atoms with Crippen molar-refractivity contribution in [2.45, 2.75) is 39.0 Å². The van der Waals surface area contributed by atoms with E-state index in [1.54, 1.807) is 19.9 Å². The van der Waals surface area contributed by atoms with Gasteiger partial charge in [-0.1, -0.05) is 12.1 Å². The van der Waals surface area contributed by atoms with Gasteiger partial charge in [-0.25, -0.2) is 4.39 Å². The van der Waals surface area contributed by atoms with E-state index in [2.05, 4.69) is 5.32 Å². The molecule has 0 aliphatic heterocycles. The molecule has 1 atom stereocenters. The molecule has 0 heterocycles. The number of aliphatic hydroxyl groups is 1. The van der Waals surface area contributed by atoms with Crippen molar-refractivity contribution < 1.29 is 9.50 Å². The fourth-order valence-corrected chi connectivity index (χ4v) is 1.17. The predicted molar refractivity (Wildman–Crippen MR) is 59.0 cm³/mol. The first-order valence-electron chi connectivity index (χ1n) is 5.10. The van der Waals surface area contributed by atoms with Gasteiger partial charge in [0.1, 0.15) is 5.82 Å². The number of hydrogen-bond acceptors (Lipinski definition) is 2. The van der Waals surface area contributed by atoms with Crippen LogP contribution in [0.2, 0.25) is 0 Å². The molecule has 1 aromatic rings. The summed E-state index contributed by atoms with van der Waals surface area (Å²) in [7, 11) is 0. The van der Waals surface area contributed by atoms with Gasteiger partial charge in [-0.05, 0) is 38.5 Å². The van der Waals surface area contributed by atoms with Gasteiger partial charge in [-0.3, -0.25) is 0 Å². The van der Waals surface area contributed by atoms with Crippen molar-refractivity contribution in [3.63, 3.8) is 0 Å². The monoisotopic (exact) mass is 211 g/mol. The number of halogens is 1. The second kappa shape index (κ2) is 4.73. The molecule has 0 spiro atoms. The van der Waals surface area contributed by atoms with Gasteiger partial charge in [-0.2, -0.15) is 0 Å². The molecule has 2 N–H and O–H groups in total. The molecule has 0 radical (unpaired) electrons. The average Bonchev–Trinajstić information content (AvgIpc) is 2.12. The molecule has 0 saturated heterocycles. The third kappa shape index (κ3) is 3.98. The summed E-state index contributed by atoms with van der Waals surface area (Å²) in [5, 5.41) is 12.8. The van der Waals surface area contributed by atoms with Crippen LogP contribution < -0.4 is 5.32 Å². The van der Waals surface area contributed by atoms with Crippen molar-refractivity contribution in [3.8, 4) is 0 Å². The van der Waals surface area contributed by atoms with Gasteiger partial charge in [0.2, 0.25) is 0 Å². The minimum Gasteiger partial charge on any atom is -0.389 e. The Morgan fingerprint density at radius 1 is 1.47 bits per heavy atom. The first kappa shape index (κ1) is 12.1. The molecule has 2 nitrogen and oxygen atoms in total. The zero-order chi connectivity index (χ0) is 11.5. The Bertz CT molecular complexity index is 320. The van der Waals surface area contributed by atoms with Gasteiger partial charge in [0.15, 0.2) is 0 Å². The van der Waals surface area contributed by atoms with Crippen LogP contribution >= 0.6 is 0 Å². The second-order valence-electron chi connectivity index (χ2n) is 4.39. The third-order valence-corrected chi connectivity index (χ3v) is 2.56. The van der Waals surface area contributed by atoms with Crippen LogP contribution in [0.3, 0.4) is 0 Å². The highest BCUT2D eigenvalue weighted by molar-refractivity contribution is 5.16. The van der Waals surface area contributed by atoms with Gasteiger partial charge in [0, 0.05) is 12.6 Å². The lowest BCUT2D eigenvalue weighted by Gasteiger charge is -2.26. The van der Waals surface area contributed by atoms with E-state index in [-0.39, 0.29) is 11.9 Å². The highest BCUT2D eigenvalue weighted by Crippen LogP contribution is 2.09. The predicted octanol–water partition coefficient (Wildman–Crippen LogP) is 2.07. The minimum absolute atomic E-state index is 0.0410. The second-order valence-corrected chi connectivity index (χ2v) is 4.39. The first-order valence-corrected chi connectivity index (χ1v) is 5.10. The topological polar surface area (TPSA) is 32.3 Å². The lowest BCUT2D eigenvalue weighted by atomic mass is 10.0. The van der Waals surface area contributed by atoms with Gasteiger partial charge >= 0.3 is 0 Å². The van der Waals surface area contributed by atoms with Gasteiger partial charge in [0.25, 0.3) is 0 Å². The van der Waals surface area contributed by atoms with Gasteiger partial charge < -0.3 is 10.4 Å². The van der Waals surface area contributed by atoms with E-state index in [0.29, 0.717) is 6.54 Å². The zero-order valence-electron chi connectivity index (χ0n) is 9.42. The normalized spacial score (nSPS) is 13.9. The van der Waals surface area contributed by atoms with Crippen molar-refractivity contribution >= 4 is 0 Å². The molecule has 3 heteroatoms. The van der Waals surface area contributed by atoms with Crippen LogP contribution in [0.4, 0.5) is 4.39 Å². The molecule has 0 fully saturated rings. The van der Waals surface area contributed by atoms with E-state index in [4.69, 9.17) is 0 Å². The molecule has 0 aliphatic rings. The molecule has 1 unspecified atom stereocenters. The molecule has 0 aliphatic carbocycles. The fraction of sp³-hybridized carbons (Fsp3) is 0.500. The zero-order valence-corrected chi connectivity index (χ0v) is 9.42. The Balaban J connectivity index is 2.51. The van der Waals surface area contributed by atoms with Crippen LogP contribution in [0.15, 0.2) is 24.3 Å². The molecule has 0 amide bonds. The quantitative estimate of drug-likeness (QED) is 0.799. The summed E-state index contributed by atoms with van der Waals surface area (Å²) < 4.78 is 12.8. The van der Waals surface area contributed by atoms with E-state index in [1.165, 1.54) is 12.1 Å². The highest BCUT2D eigenvalue weighted by atomic mass is 19.1. The molecule has 1 rings (SSSR count). The molecular formula is C12H18FNO. The summed E-state index contributed by atoms with van der Waals surface area (Å²) in [4.78, 5) is 0. The lowest BCUT2D eigenvalue weighted by molar-refractivity contribution is 0.0437. The summed E-state index contributed by atoms with van der Waals surface area (Å²) in [5.41, 5.74) is 0.110. The number of rotatable bonds is 4. The van der Waals surface area contributed by atoms with Crippen molar-refractivity contribution in [1.82, 2.24) is 5.32 Å². The van der Waals surface area contributed by atoms with Crippen molar-refractivity contribution in [1.29, 1.82) is 0 Å². The van der Waals surface area contributed by atoms with E-state index in [0.717, 1.165) is 5.56 Å². The number of hydrogen-bond donors (Lipinski definition) is 2. The summed E-state index contributed by atoms with van der Waals surface area (Å²) in [6.45, 7) is 5.95. The Morgan fingerprint density at radius 3 is 2.67 bits per heavy atom. The Kier molecular flexibility index (Phi) is 3.83. The molecule has 0 bridgehead atoms. The van der Waals surface area contributed by atoms with Gasteiger partial charge in [0.05, 0.1) is 5.60 Å².